The van der Waals surface area contributed by atoms with Crippen LogP contribution in [0.15, 0.2) is 24.3 Å². The van der Waals surface area contributed by atoms with Crippen molar-refractivity contribution in [2.24, 2.45) is 11.5 Å². The van der Waals surface area contributed by atoms with Crippen molar-refractivity contribution in [3.63, 3.8) is 0 Å². The minimum absolute atomic E-state index is 0.00205. The summed E-state index contributed by atoms with van der Waals surface area (Å²) in [6, 6.07) is 0.959. The summed E-state index contributed by atoms with van der Waals surface area (Å²) in [4.78, 5) is 61.0. The van der Waals surface area contributed by atoms with Crippen LogP contribution in [0, 0.1) is 0 Å². The van der Waals surface area contributed by atoms with Crippen LogP contribution in [0.3, 0.4) is 0 Å². The van der Waals surface area contributed by atoms with Gasteiger partial charge in [-0.1, -0.05) is 12.1 Å². The molecule has 37 heavy (non-hydrogen) atoms. The summed E-state index contributed by atoms with van der Waals surface area (Å²) in [5.41, 5.74) is 11.7. The zero-order valence-electron chi connectivity index (χ0n) is 20.3. The Hall–Kier alpha value is -3.36. The number of phenols is 1. The highest BCUT2D eigenvalue weighted by molar-refractivity contribution is 7.80. The van der Waals surface area contributed by atoms with Gasteiger partial charge in [0.05, 0.1) is 6.04 Å². The summed E-state index contributed by atoms with van der Waals surface area (Å²) in [7, 11) is 0. The smallest absolute Gasteiger partial charge is 0.326 e. The second-order valence-corrected chi connectivity index (χ2v) is 8.76. The second-order valence-electron chi connectivity index (χ2n) is 8.40. The van der Waals surface area contributed by atoms with Crippen LogP contribution in [-0.4, -0.2) is 81.4 Å². The van der Waals surface area contributed by atoms with Gasteiger partial charge in [0, 0.05) is 18.6 Å². The van der Waals surface area contributed by atoms with E-state index in [1.54, 1.807) is 0 Å². The number of hydrogen-bond acceptors (Lipinski definition) is 9. The number of hydrogen-bond donors (Lipinski definition) is 9. The van der Waals surface area contributed by atoms with E-state index in [0.29, 0.717) is 24.9 Å². The lowest BCUT2D eigenvalue weighted by Crippen LogP contribution is -2.57. The summed E-state index contributed by atoms with van der Waals surface area (Å²) in [5, 5.41) is 35.3. The molecule has 0 spiro atoms. The standard InChI is InChI=1S/C23H35N5O8S/c24-10-2-1-3-16(21(33)28-18(23(35)36)11-13-4-6-14(29)7-5-13)27-22(34)17(8-9-19(30)31)26-20(32)15(25)12-37/h4-7,15-18,29,37H,1-3,8-12,24-25H2,(H,26,32)(H,27,34)(H,28,33)(H,30,31)(H,35,36). The van der Waals surface area contributed by atoms with Crippen molar-refractivity contribution in [2.45, 2.75) is 62.7 Å². The van der Waals surface area contributed by atoms with E-state index >= 15 is 0 Å². The maximum atomic E-state index is 13.0. The average molecular weight is 542 g/mol. The summed E-state index contributed by atoms with van der Waals surface area (Å²) in [6.07, 6.45) is 0.306. The number of benzene rings is 1. The van der Waals surface area contributed by atoms with Gasteiger partial charge in [0.1, 0.15) is 23.9 Å². The van der Waals surface area contributed by atoms with Crippen LogP contribution in [-0.2, 0) is 30.4 Å². The van der Waals surface area contributed by atoms with Gasteiger partial charge in [-0.25, -0.2) is 4.79 Å². The lowest BCUT2D eigenvalue weighted by molar-refractivity contribution is -0.142. The number of phenolic OH excluding ortho intramolecular Hbond substituents is 1. The average Bonchev–Trinajstić information content (AvgIpc) is 2.85. The Morgan fingerprint density at radius 2 is 1.38 bits per heavy atom. The molecule has 1 rings (SSSR count). The van der Waals surface area contributed by atoms with E-state index in [-0.39, 0.29) is 30.8 Å². The molecule has 0 aliphatic heterocycles. The molecule has 0 heterocycles. The molecule has 0 saturated heterocycles. The van der Waals surface area contributed by atoms with Crippen molar-refractivity contribution >= 4 is 42.3 Å². The highest BCUT2D eigenvalue weighted by atomic mass is 32.1. The fourth-order valence-electron chi connectivity index (χ4n) is 3.27. The SMILES string of the molecule is NCCCCC(NC(=O)C(CCC(=O)O)NC(=O)C(N)CS)C(=O)NC(Cc1ccc(O)cc1)C(=O)O. The number of aromatic hydroxyl groups is 1. The van der Waals surface area contributed by atoms with Crippen molar-refractivity contribution in [2.75, 3.05) is 12.3 Å². The summed E-state index contributed by atoms with van der Waals surface area (Å²) >= 11 is 3.93. The van der Waals surface area contributed by atoms with Crippen molar-refractivity contribution < 1.29 is 39.3 Å². The van der Waals surface area contributed by atoms with Gasteiger partial charge in [-0.3, -0.25) is 19.2 Å². The quantitative estimate of drug-likeness (QED) is 0.0837. The Balaban J connectivity index is 3.03. The molecule has 4 atom stereocenters. The molecule has 14 heteroatoms. The molecule has 0 bridgehead atoms. The van der Waals surface area contributed by atoms with Crippen LogP contribution in [0.2, 0.25) is 0 Å². The number of carbonyl (C=O) groups is 5. The maximum Gasteiger partial charge on any atom is 0.326 e. The number of carbonyl (C=O) groups excluding carboxylic acids is 3. The number of thiol groups is 1. The number of unbranched alkanes of at least 4 members (excludes halogenated alkanes) is 1. The van der Waals surface area contributed by atoms with Crippen LogP contribution in [0.1, 0.15) is 37.7 Å². The van der Waals surface area contributed by atoms with Crippen molar-refractivity contribution in [3.05, 3.63) is 29.8 Å². The van der Waals surface area contributed by atoms with Crippen LogP contribution in [0.5, 0.6) is 5.75 Å². The van der Waals surface area contributed by atoms with Crippen LogP contribution < -0.4 is 27.4 Å². The molecule has 0 radical (unpaired) electrons. The number of carboxylic acid groups (broad SMARTS) is 2. The first-order chi connectivity index (χ1) is 17.5. The van der Waals surface area contributed by atoms with Gasteiger partial charge >= 0.3 is 11.9 Å². The Morgan fingerprint density at radius 3 is 1.89 bits per heavy atom. The van der Waals surface area contributed by atoms with Crippen molar-refractivity contribution in [1.29, 1.82) is 0 Å². The fourth-order valence-corrected chi connectivity index (χ4v) is 3.44. The van der Waals surface area contributed by atoms with Crippen LogP contribution >= 0.6 is 12.6 Å². The number of amides is 3. The molecule has 1 aromatic carbocycles. The van der Waals surface area contributed by atoms with Crippen LogP contribution in [0.4, 0.5) is 0 Å². The Morgan fingerprint density at radius 1 is 0.838 bits per heavy atom. The molecule has 0 saturated carbocycles. The summed E-state index contributed by atoms with van der Waals surface area (Å²) in [5.74, 6) is -4.82. The zero-order chi connectivity index (χ0) is 28.0. The minimum atomic E-state index is -1.33. The number of nitrogens with one attached hydrogen (secondary N) is 3. The lowest BCUT2D eigenvalue weighted by Gasteiger charge is -2.25. The Kier molecular flexibility index (Phi) is 14.0. The first kappa shape index (κ1) is 31.7. The van der Waals surface area contributed by atoms with Gasteiger partial charge in [-0.15, -0.1) is 0 Å². The van der Waals surface area contributed by atoms with E-state index in [2.05, 4.69) is 28.6 Å². The van der Waals surface area contributed by atoms with Gasteiger partial charge < -0.3 is 42.7 Å². The molecule has 0 aliphatic rings. The summed E-state index contributed by atoms with van der Waals surface area (Å²) < 4.78 is 0. The topological polar surface area (TPSA) is 234 Å². The van der Waals surface area contributed by atoms with Gasteiger partial charge in [0.15, 0.2) is 0 Å². The van der Waals surface area contributed by atoms with Gasteiger partial charge in [-0.2, -0.15) is 12.6 Å². The third kappa shape index (κ3) is 11.9. The molecule has 0 aliphatic carbocycles. The summed E-state index contributed by atoms with van der Waals surface area (Å²) in [6.45, 7) is 0.333. The monoisotopic (exact) mass is 541 g/mol. The van der Waals surface area contributed by atoms with E-state index in [4.69, 9.17) is 16.6 Å². The Labute approximate surface area is 219 Å². The molecule has 10 N–H and O–H groups in total. The fraction of sp³-hybridized carbons (Fsp3) is 0.522. The highest BCUT2D eigenvalue weighted by Crippen LogP contribution is 2.12. The maximum absolute atomic E-state index is 13.0. The molecule has 3 amide bonds. The normalized spacial score (nSPS) is 14.0. The van der Waals surface area contributed by atoms with Gasteiger partial charge in [0.2, 0.25) is 17.7 Å². The van der Waals surface area contributed by atoms with E-state index < -0.39 is 60.2 Å². The first-order valence-corrected chi connectivity index (χ1v) is 12.3. The van der Waals surface area contributed by atoms with Crippen molar-refractivity contribution in [3.8, 4) is 5.75 Å². The predicted molar refractivity (Wildman–Crippen MR) is 137 cm³/mol. The lowest BCUT2D eigenvalue weighted by atomic mass is 10.0. The first-order valence-electron chi connectivity index (χ1n) is 11.7. The highest BCUT2D eigenvalue weighted by Gasteiger charge is 2.30. The number of aliphatic carboxylic acids is 2. The predicted octanol–water partition coefficient (Wildman–Crippen LogP) is -1.28. The zero-order valence-corrected chi connectivity index (χ0v) is 21.2. The Bertz CT molecular complexity index is 930. The molecular weight excluding hydrogens is 506 g/mol. The molecule has 0 aromatic heterocycles. The van der Waals surface area contributed by atoms with Crippen molar-refractivity contribution in [1.82, 2.24) is 16.0 Å². The van der Waals surface area contributed by atoms with E-state index in [9.17, 15) is 34.2 Å². The van der Waals surface area contributed by atoms with Crippen LogP contribution in [0.25, 0.3) is 0 Å². The second kappa shape index (κ2) is 16.4. The third-order valence-electron chi connectivity index (χ3n) is 5.38. The molecular formula is C23H35N5O8S. The van der Waals surface area contributed by atoms with E-state index in [0.717, 1.165) is 0 Å². The van der Waals surface area contributed by atoms with E-state index in [1.165, 1.54) is 24.3 Å². The third-order valence-corrected chi connectivity index (χ3v) is 5.78. The molecule has 0 fully saturated rings. The van der Waals surface area contributed by atoms with Gasteiger partial charge in [-0.05, 0) is 49.9 Å². The molecule has 4 unspecified atom stereocenters. The number of carboxylic acids is 2. The molecule has 206 valence electrons. The van der Waals surface area contributed by atoms with Gasteiger partial charge in [0.25, 0.3) is 0 Å². The molecule has 13 nitrogen and oxygen atoms in total. The minimum Gasteiger partial charge on any atom is -0.508 e. The number of rotatable bonds is 17. The molecule has 1 aromatic rings. The largest absolute Gasteiger partial charge is 0.508 e. The van der Waals surface area contributed by atoms with E-state index in [1.807, 2.05) is 0 Å². The number of nitrogens with two attached hydrogens (primary N) is 2.